The molecule has 3 aromatic heterocycles. The zero-order valence-electron chi connectivity index (χ0n) is 22.3. The fourth-order valence-electron chi connectivity index (χ4n) is 3.59. The Morgan fingerprint density at radius 3 is 2.54 bits per heavy atom. The van der Waals surface area contributed by atoms with Crippen LogP contribution in [0.25, 0.3) is 5.69 Å². The predicted molar refractivity (Wildman–Crippen MR) is 130 cm³/mol. The van der Waals surface area contributed by atoms with Gasteiger partial charge in [0.2, 0.25) is 5.95 Å². The minimum atomic E-state index is -5.40. The summed E-state index contributed by atoms with van der Waals surface area (Å²) in [6.45, 7) is 2.00. The number of ether oxygens (including phenoxy) is 1. The Morgan fingerprint density at radius 1 is 1.10 bits per heavy atom. The third kappa shape index (κ3) is 7.87. The average Bonchev–Trinajstić information content (AvgIpc) is 3.41. The molecule has 0 atom stereocenters. The fraction of sp³-hybridized carbons (Fsp3) is 0.182. The monoisotopic (exact) mass is 601 g/mol. The number of phosphoric acid groups is 1. The van der Waals surface area contributed by atoms with Gasteiger partial charge in [-0.3, -0.25) is 9.69 Å². The maximum absolute atomic E-state index is 14.6. The molecule has 19 heteroatoms. The summed E-state index contributed by atoms with van der Waals surface area (Å²) in [5.74, 6) is -1.72. The largest absolute Gasteiger partial charge is 1.00 e. The first kappa shape index (κ1) is 33.0. The van der Waals surface area contributed by atoms with Crippen molar-refractivity contribution in [3.63, 3.8) is 0 Å². The van der Waals surface area contributed by atoms with Crippen molar-refractivity contribution in [3.05, 3.63) is 60.8 Å². The summed E-state index contributed by atoms with van der Waals surface area (Å²) in [6.07, 6.45) is 4.03. The summed E-state index contributed by atoms with van der Waals surface area (Å²) in [4.78, 5) is 49.5. The Balaban J connectivity index is 0.00000231. The molecule has 0 aliphatic carbocycles. The van der Waals surface area contributed by atoms with Gasteiger partial charge < -0.3 is 34.2 Å². The molecule has 1 aliphatic heterocycles. The van der Waals surface area contributed by atoms with Crippen molar-refractivity contribution in [2.24, 2.45) is 0 Å². The first-order chi connectivity index (χ1) is 18.5. The zero-order valence-corrected chi connectivity index (χ0v) is 27.2. The van der Waals surface area contributed by atoms with E-state index < -0.39 is 31.9 Å². The molecule has 0 unspecified atom stereocenters. The van der Waals surface area contributed by atoms with Crippen molar-refractivity contribution in [2.45, 2.75) is 19.4 Å². The van der Waals surface area contributed by atoms with E-state index in [-0.39, 0.29) is 88.3 Å². The summed E-state index contributed by atoms with van der Waals surface area (Å²) >= 11 is 0. The standard InChI is InChI=1S/C22H21FN9O6P.2Na/c1-22(2)20(33)31(12-37-39(34,35)36)19-16(38-22)6-7-17(29-19)28-18-15(23)11-24-21(30-18)27-13-4-3-5-14(10-13)32-25-8-9-26-32;;/h3-11H,12H2,1-2H3,(H2,34,35,36)(H2,24,27,28,29,30);;/q;2*+1/p-2. The normalized spacial score (nSPS) is 13.8. The fourth-order valence-corrected chi connectivity index (χ4v) is 3.85. The van der Waals surface area contributed by atoms with Crippen molar-refractivity contribution in [3.8, 4) is 11.4 Å². The van der Waals surface area contributed by atoms with Gasteiger partial charge in [-0.05, 0) is 44.2 Å². The van der Waals surface area contributed by atoms with E-state index in [1.54, 1.807) is 24.3 Å². The molecule has 4 aromatic rings. The van der Waals surface area contributed by atoms with Gasteiger partial charge in [0.1, 0.15) is 12.5 Å². The number of benzene rings is 1. The number of anilines is 5. The molecule has 1 amide bonds. The number of halogens is 1. The van der Waals surface area contributed by atoms with Gasteiger partial charge in [0.15, 0.2) is 28.8 Å². The van der Waals surface area contributed by atoms with Gasteiger partial charge in [0.05, 0.1) is 32.1 Å². The number of nitrogens with zero attached hydrogens (tertiary/aromatic N) is 7. The van der Waals surface area contributed by atoms with Crippen LogP contribution >= 0.6 is 7.82 Å². The number of carbonyl (C=O) groups excluding carboxylic acids is 1. The molecular formula is C22H19FN9Na2O6P. The van der Waals surface area contributed by atoms with Crippen LogP contribution < -0.4 is 89.2 Å². The van der Waals surface area contributed by atoms with Crippen LogP contribution in [0.5, 0.6) is 5.75 Å². The quantitative estimate of drug-likeness (QED) is 0.145. The third-order valence-corrected chi connectivity index (χ3v) is 5.74. The molecular weight excluding hydrogens is 582 g/mol. The molecule has 0 fully saturated rings. The average molecular weight is 601 g/mol. The molecule has 0 saturated heterocycles. The maximum atomic E-state index is 14.6. The Labute approximate surface area is 276 Å². The summed E-state index contributed by atoms with van der Waals surface area (Å²) in [6, 6.07) is 9.91. The van der Waals surface area contributed by atoms with Crippen molar-refractivity contribution >= 4 is 42.8 Å². The summed E-state index contributed by atoms with van der Waals surface area (Å²) < 4.78 is 35.6. The topological polar surface area (TPSA) is 195 Å². The van der Waals surface area contributed by atoms with Crippen molar-refractivity contribution in [1.82, 2.24) is 29.9 Å². The van der Waals surface area contributed by atoms with E-state index in [0.29, 0.717) is 11.4 Å². The van der Waals surface area contributed by atoms with Gasteiger partial charge in [-0.2, -0.15) is 20.0 Å². The van der Waals surface area contributed by atoms with Crippen LogP contribution in [-0.2, 0) is 13.9 Å². The Kier molecular flexibility index (Phi) is 10.6. The molecule has 5 rings (SSSR count). The molecule has 1 aromatic carbocycles. The molecule has 0 bridgehead atoms. The number of hydrogen-bond donors (Lipinski definition) is 2. The van der Waals surface area contributed by atoms with E-state index >= 15 is 0 Å². The van der Waals surface area contributed by atoms with Gasteiger partial charge >= 0.3 is 59.1 Å². The van der Waals surface area contributed by atoms with E-state index in [0.717, 1.165) is 11.1 Å². The number of carbonyl (C=O) groups is 1. The smallest absolute Gasteiger partial charge is 0.790 e. The Morgan fingerprint density at radius 2 is 1.83 bits per heavy atom. The molecule has 0 saturated carbocycles. The molecule has 2 N–H and O–H groups in total. The van der Waals surface area contributed by atoms with E-state index in [4.69, 9.17) is 4.74 Å². The molecule has 0 radical (unpaired) electrons. The van der Waals surface area contributed by atoms with Gasteiger partial charge in [0.25, 0.3) is 5.91 Å². The number of amides is 1. The number of rotatable bonds is 8. The van der Waals surface area contributed by atoms with Crippen molar-refractivity contribution in [1.29, 1.82) is 0 Å². The van der Waals surface area contributed by atoms with Gasteiger partial charge in [-0.25, -0.2) is 14.4 Å². The van der Waals surface area contributed by atoms with Gasteiger partial charge in [-0.1, -0.05) is 6.07 Å². The first-order valence-corrected chi connectivity index (χ1v) is 12.7. The minimum absolute atomic E-state index is 0. The van der Waals surface area contributed by atoms with E-state index in [9.17, 15) is 23.5 Å². The third-order valence-electron chi connectivity index (χ3n) is 5.31. The van der Waals surface area contributed by atoms with E-state index in [1.807, 2.05) is 0 Å². The molecule has 1 aliphatic rings. The number of aromatic nitrogens is 6. The molecule has 41 heavy (non-hydrogen) atoms. The molecule has 202 valence electrons. The second-order valence-corrected chi connectivity index (χ2v) is 9.73. The second kappa shape index (κ2) is 13.2. The van der Waals surface area contributed by atoms with E-state index in [1.165, 1.54) is 43.2 Å². The molecule has 0 spiro atoms. The Bertz CT molecular complexity index is 1590. The van der Waals surface area contributed by atoms with Crippen LogP contribution in [0.3, 0.4) is 0 Å². The van der Waals surface area contributed by atoms with Crippen LogP contribution in [0.2, 0.25) is 0 Å². The zero-order chi connectivity index (χ0) is 27.8. The van der Waals surface area contributed by atoms with Crippen LogP contribution in [0.4, 0.5) is 33.5 Å². The van der Waals surface area contributed by atoms with Crippen LogP contribution in [-0.4, -0.2) is 48.2 Å². The van der Waals surface area contributed by atoms with Gasteiger partial charge in [-0.15, -0.1) is 0 Å². The molecule has 15 nitrogen and oxygen atoms in total. The van der Waals surface area contributed by atoms with Crippen LogP contribution in [0.1, 0.15) is 13.8 Å². The van der Waals surface area contributed by atoms with E-state index in [2.05, 4.69) is 40.3 Å². The van der Waals surface area contributed by atoms with Gasteiger partial charge in [0, 0.05) is 5.69 Å². The Hall–Kier alpha value is -2.50. The van der Waals surface area contributed by atoms with Crippen LogP contribution in [0, 0.1) is 5.82 Å². The number of pyridine rings is 1. The number of phosphoric ester groups is 1. The second-order valence-electron chi connectivity index (χ2n) is 8.58. The number of nitrogens with one attached hydrogen (secondary N) is 2. The maximum Gasteiger partial charge on any atom is 1.00 e. The summed E-state index contributed by atoms with van der Waals surface area (Å²) in [5.41, 5.74) is -0.146. The number of fused-ring (bicyclic) bond motifs is 1. The summed E-state index contributed by atoms with van der Waals surface area (Å²) in [5, 5.41) is 13.8. The predicted octanol–water partition coefficient (Wildman–Crippen LogP) is -4.61. The SMILES string of the molecule is CC1(C)Oc2ccc(Nc3nc(Nc4cccc(-n5nccn5)c4)ncc3F)nc2N(COP(=O)([O-])[O-])C1=O.[Na+].[Na+]. The minimum Gasteiger partial charge on any atom is -0.790 e. The van der Waals surface area contributed by atoms with Crippen molar-refractivity contribution < 1.29 is 91.9 Å². The molecule has 4 heterocycles. The number of hydrogen-bond acceptors (Lipinski definition) is 13. The van der Waals surface area contributed by atoms with Crippen LogP contribution in [0.15, 0.2) is 55.0 Å². The first-order valence-electron chi connectivity index (χ1n) is 11.2. The van der Waals surface area contributed by atoms with Crippen molar-refractivity contribution in [2.75, 3.05) is 22.3 Å². The summed E-state index contributed by atoms with van der Waals surface area (Å²) in [7, 11) is -5.40.